The largest absolute Gasteiger partial charge is 0.473 e. The molecule has 0 spiro atoms. The molecule has 0 bridgehead atoms. The number of hydrogen-bond donors (Lipinski definition) is 1. The van der Waals surface area contributed by atoms with Crippen LogP contribution in [0.2, 0.25) is 0 Å². The molecular formula is C23H35N3O4S. The predicted molar refractivity (Wildman–Crippen MR) is 124 cm³/mol. The number of piperidine rings is 1. The molecule has 0 aliphatic carbocycles. The van der Waals surface area contributed by atoms with Gasteiger partial charge in [0.1, 0.15) is 13.2 Å². The molecule has 31 heavy (non-hydrogen) atoms. The Morgan fingerprint density at radius 3 is 2.84 bits per heavy atom. The third-order valence-corrected chi connectivity index (χ3v) is 5.66. The molecule has 0 aromatic carbocycles. The number of amides is 1. The highest BCUT2D eigenvalue weighted by atomic mass is 32.2. The number of carbonyl (C=O) groups is 2. The van der Waals surface area contributed by atoms with Crippen LogP contribution in [0.4, 0.5) is 0 Å². The van der Waals surface area contributed by atoms with Crippen LogP contribution >= 0.6 is 11.8 Å². The summed E-state index contributed by atoms with van der Waals surface area (Å²) in [5.41, 5.74) is 1.22. The van der Waals surface area contributed by atoms with Crippen LogP contribution in [0.15, 0.2) is 30.5 Å². The van der Waals surface area contributed by atoms with Gasteiger partial charge in [-0.05, 0) is 43.6 Å². The maximum absolute atomic E-state index is 11.8. The fraction of sp³-hybridized carbons (Fsp3) is 0.609. The predicted octanol–water partition coefficient (Wildman–Crippen LogP) is 3.05. The summed E-state index contributed by atoms with van der Waals surface area (Å²) < 4.78 is 10.8. The maximum Gasteiger partial charge on any atom is 0.308 e. The Labute approximate surface area is 190 Å². The van der Waals surface area contributed by atoms with Crippen molar-refractivity contribution >= 4 is 23.6 Å². The number of rotatable bonds is 13. The van der Waals surface area contributed by atoms with Crippen LogP contribution in [0.25, 0.3) is 0 Å². The lowest BCUT2D eigenvalue weighted by Crippen LogP contribution is -2.29. The first-order valence-electron chi connectivity index (χ1n) is 11.0. The van der Waals surface area contributed by atoms with Crippen molar-refractivity contribution in [2.75, 3.05) is 44.4 Å². The minimum atomic E-state index is -0.207. The number of ether oxygens (including phenoxy) is 2. The first-order chi connectivity index (χ1) is 15.0. The van der Waals surface area contributed by atoms with Gasteiger partial charge in [-0.15, -0.1) is 11.8 Å². The van der Waals surface area contributed by atoms with Crippen LogP contribution in [0, 0.1) is 5.92 Å². The molecule has 1 aromatic rings. The lowest BCUT2D eigenvalue weighted by Gasteiger charge is -2.26. The van der Waals surface area contributed by atoms with E-state index in [9.17, 15) is 9.59 Å². The smallest absolute Gasteiger partial charge is 0.308 e. The Kier molecular flexibility index (Phi) is 12.1. The van der Waals surface area contributed by atoms with E-state index >= 15 is 0 Å². The van der Waals surface area contributed by atoms with E-state index in [4.69, 9.17) is 9.47 Å². The van der Waals surface area contributed by atoms with Crippen LogP contribution < -0.4 is 10.1 Å². The highest BCUT2D eigenvalue weighted by Crippen LogP contribution is 2.15. The average molecular weight is 450 g/mol. The van der Waals surface area contributed by atoms with Crippen molar-refractivity contribution in [2.45, 2.75) is 39.7 Å². The van der Waals surface area contributed by atoms with Gasteiger partial charge in [0.05, 0.1) is 11.7 Å². The van der Waals surface area contributed by atoms with Crippen molar-refractivity contribution in [1.82, 2.24) is 15.2 Å². The van der Waals surface area contributed by atoms with Gasteiger partial charge in [-0.1, -0.05) is 26.3 Å². The SMILES string of the molecule is CC(C)C(=O)OCCSCC(=O)NC/C=C\COc1cc(CN2CCCCC2)ccn1. The Hall–Kier alpha value is -2.06. The molecule has 8 heteroatoms. The number of nitrogens with one attached hydrogen (secondary N) is 1. The van der Waals surface area contributed by atoms with E-state index in [-0.39, 0.29) is 17.8 Å². The molecule has 2 heterocycles. The van der Waals surface area contributed by atoms with Crippen molar-refractivity contribution in [3.8, 4) is 5.88 Å². The lowest BCUT2D eigenvalue weighted by atomic mass is 10.1. The summed E-state index contributed by atoms with van der Waals surface area (Å²) in [6, 6.07) is 4.04. The highest BCUT2D eigenvalue weighted by Gasteiger charge is 2.11. The quantitative estimate of drug-likeness (QED) is 0.282. The molecule has 2 rings (SSSR count). The van der Waals surface area contributed by atoms with Crippen LogP contribution in [0.5, 0.6) is 5.88 Å². The van der Waals surface area contributed by atoms with Crippen LogP contribution in [-0.2, 0) is 20.9 Å². The van der Waals surface area contributed by atoms with E-state index in [1.165, 1.54) is 36.6 Å². The second kappa shape index (κ2) is 14.9. The molecule has 1 amide bonds. The van der Waals surface area contributed by atoms with E-state index < -0.39 is 0 Å². The van der Waals surface area contributed by atoms with Gasteiger partial charge in [-0.2, -0.15) is 0 Å². The molecule has 1 aliphatic rings. The normalized spacial score (nSPS) is 14.7. The van der Waals surface area contributed by atoms with Gasteiger partial charge in [0.25, 0.3) is 0 Å². The third-order valence-electron chi connectivity index (χ3n) is 4.74. The Morgan fingerprint density at radius 2 is 2.06 bits per heavy atom. The molecule has 0 saturated carbocycles. The summed E-state index contributed by atoms with van der Waals surface area (Å²) in [5, 5.41) is 2.82. The molecule has 1 N–H and O–H groups in total. The topological polar surface area (TPSA) is 80.8 Å². The van der Waals surface area contributed by atoms with Gasteiger partial charge in [-0.3, -0.25) is 14.5 Å². The van der Waals surface area contributed by atoms with Gasteiger partial charge in [0.2, 0.25) is 11.8 Å². The number of hydrogen-bond acceptors (Lipinski definition) is 7. The molecule has 1 saturated heterocycles. The molecule has 0 radical (unpaired) electrons. The zero-order chi connectivity index (χ0) is 22.3. The molecular weight excluding hydrogens is 414 g/mol. The number of nitrogens with zero attached hydrogens (tertiary/aromatic N) is 2. The Morgan fingerprint density at radius 1 is 1.26 bits per heavy atom. The molecule has 1 fully saturated rings. The summed E-state index contributed by atoms with van der Waals surface area (Å²) in [7, 11) is 0. The van der Waals surface area contributed by atoms with Crippen molar-refractivity contribution in [1.29, 1.82) is 0 Å². The number of carbonyl (C=O) groups excluding carboxylic acids is 2. The van der Waals surface area contributed by atoms with Gasteiger partial charge in [-0.25, -0.2) is 4.98 Å². The van der Waals surface area contributed by atoms with Crippen molar-refractivity contribution in [3.05, 3.63) is 36.0 Å². The van der Waals surface area contributed by atoms with Crippen molar-refractivity contribution in [2.24, 2.45) is 5.92 Å². The minimum Gasteiger partial charge on any atom is -0.473 e. The summed E-state index contributed by atoms with van der Waals surface area (Å²) in [6.45, 7) is 8.06. The van der Waals surface area contributed by atoms with Crippen molar-refractivity contribution in [3.63, 3.8) is 0 Å². The summed E-state index contributed by atoms with van der Waals surface area (Å²) in [6.07, 6.45) is 9.43. The number of thioether (sulfide) groups is 1. The van der Waals surface area contributed by atoms with Gasteiger partial charge in [0.15, 0.2) is 0 Å². The van der Waals surface area contributed by atoms with Crippen molar-refractivity contribution < 1.29 is 19.1 Å². The van der Waals surface area contributed by atoms with Gasteiger partial charge >= 0.3 is 5.97 Å². The van der Waals surface area contributed by atoms with Crippen LogP contribution in [-0.4, -0.2) is 66.1 Å². The van der Waals surface area contributed by atoms with Crippen LogP contribution in [0.1, 0.15) is 38.7 Å². The maximum atomic E-state index is 11.8. The lowest BCUT2D eigenvalue weighted by molar-refractivity contribution is -0.146. The molecule has 7 nitrogen and oxygen atoms in total. The highest BCUT2D eigenvalue weighted by molar-refractivity contribution is 7.99. The number of aromatic nitrogens is 1. The van der Waals surface area contributed by atoms with Gasteiger partial charge < -0.3 is 14.8 Å². The fourth-order valence-electron chi connectivity index (χ4n) is 3.04. The van der Waals surface area contributed by atoms with Gasteiger partial charge in [0, 0.05) is 31.1 Å². The third kappa shape index (κ3) is 11.2. The Bertz CT molecular complexity index is 706. The summed E-state index contributed by atoms with van der Waals surface area (Å²) in [4.78, 5) is 29.8. The first-order valence-corrected chi connectivity index (χ1v) is 12.2. The second-order valence-electron chi connectivity index (χ2n) is 7.80. The molecule has 1 aromatic heterocycles. The Balaban J connectivity index is 1.53. The summed E-state index contributed by atoms with van der Waals surface area (Å²) >= 11 is 1.44. The van der Waals surface area contributed by atoms with E-state index in [1.54, 1.807) is 20.0 Å². The van der Waals surface area contributed by atoms with E-state index in [2.05, 4.69) is 15.2 Å². The molecule has 1 aliphatic heterocycles. The monoisotopic (exact) mass is 449 g/mol. The standard InChI is InChI=1S/C23H35N3O4S/c1-19(2)23(28)30-14-15-31-18-21(27)24-9-4-7-13-29-22-16-20(8-10-25-22)17-26-11-5-3-6-12-26/h4,7-8,10,16,19H,3,5-6,9,11-15,17-18H2,1-2H3,(H,24,27)/b7-4-. The number of likely N-dealkylation sites (tertiary alicyclic amines) is 1. The summed E-state index contributed by atoms with van der Waals surface area (Å²) in [5.74, 6) is 1.21. The number of esters is 1. The zero-order valence-electron chi connectivity index (χ0n) is 18.7. The first kappa shape index (κ1) is 25.2. The molecule has 0 unspecified atom stereocenters. The number of pyridine rings is 1. The zero-order valence-corrected chi connectivity index (χ0v) is 19.5. The molecule has 172 valence electrons. The minimum absolute atomic E-state index is 0.0437. The van der Waals surface area contributed by atoms with E-state index in [0.29, 0.717) is 37.1 Å². The molecule has 0 atom stereocenters. The second-order valence-corrected chi connectivity index (χ2v) is 8.91. The van der Waals surface area contributed by atoms with E-state index in [0.717, 1.165) is 19.6 Å². The average Bonchev–Trinajstić information content (AvgIpc) is 2.76. The van der Waals surface area contributed by atoms with E-state index in [1.807, 2.05) is 24.3 Å². The fourth-order valence-corrected chi connectivity index (χ4v) is 3.68. The van der Waals surface area contributed by atoms with Crippen LogP contribution in [0.3, 0.4) is 0 Å².